The van der Waals surface area contributed by atoms with Gasteiger partial charge in [-0.25, -0.2) is 0 Å². The molecule has 0 saturated heterocycles. The summed E-state index contributed by atoms with van der Waals surface area (Å²) in [6.45, 7) is 6.74. The lowest BCUT2D eigenvalue weighted by Crippen LogP contribution is -2.50. The Hall–Kier alpha value is -2.53. The second-order valence-electron chi connectivity index (χ2n) is 6.97. The fraction of sp³-hybridized carbons (Fsp3) is 0.364. The molecule has 0 radical (unpaired) electrons. The maximum absolute atomic E-state index is 12.9. The van der Waals surface area contributed by atoms with E-state index >= 15 is 0 Å². The van der Waals surface area contributed by atoms with Gasteiger partial charge in [0.25, 0.3) is 5.91 Å². The van der Waals surface area contributed by atoms with Crippen LogP contribution in [0.25, 0.3) is 0 Å². The van der Waals surface area contributed by atoms with Crippen molar-refractivity contribution in [2.75, 3.05) is 13.7 Å². The first-order valence-electron chi connectivity index (χ1n) is 9.35. The van der Waals surface area contributed by atoms with E-state index in [0.29, 0.717) is 29.5 Å². The lowest BCUT2D eigenvalue weighted by Gasteiger charge is -2.27. The Bertz CT molecular complexity index is 788. The Morgan fingerprint density at radius 1 is 1.07 bits per heavy atom. The average Bonchev–Trinajstić information content (AvgIpc) is 2.67. The number of nitrogens with one attached hydrogen (secondary N) is 1. The summed E-state index contributed by atoms with van der Waals surface area (Å²) >= 11 is 5.91. The largest absolute Gasteiger partial charge is 0.494 e. The highest BCUT2D eigenvalue weighted by molar-refractivity contribution is 6.30. The van der Waals surface area contributed by atoms with Gasteiger partial charge in [0.05, 0.1) is 6.61 Å². The molecule has 0 aliphatic carbocycles. The highest BCUT2D eigenvalue weighted by Gasteiger charge is 2.27. The van der Waals surface area contributed by atoms with Crippen LogP contribution in [0.3, 0.4) is 0 Å². The van der Waals surface area contributed by atoms with Crippen molar-refractivity contribution < 1.29 is 14.3 Å². The Labute approximate surface area is 171 Å². The standard InChI is InChI=1S/C22H27ClN2O3/c1-5-28-19-12-8-17(9-13-19)21(26)24-20(15(2)3)22(27)25(4)14-16-6-10-18(23)11-7-16/h6-13,15,20H,5,14H2,1-4H3,(H,24,26). The molecule has 1 atom stereocenters. The summed E-state index contributed by atoms with van der Waals surface area (Å²) in [6, 6.07) is 13.6. The zero-order valence-electron chi connectivity index (χ0n) is 16.7. The van der Waals surface area contributed by atoms with Gasteiger partial charge in [-0.1, -0.05) is 37.6 Å². The molecule has 0 aliphatic rings. The molecule has 2 amide bonds. The SMILES string of the molecule is CCOc1ccc(C(=O)NC(C(=O)N(C)Cc2ccc(Cl)cc2)C(C)C)cc1. The van der Waals surface area contributed by atoms with Gasteiger partial charge in [0.15, 0.2) is 0 Å². The summed E-state index contributed by atoms with van der Waals surface area (Å²) in [6.07, 6.45) is 0. The van der Waals surface area contributed by atoms with Crippen molar-refractivity contribution in [3.63, 3.8) is 0 Å². The highest BCUT2D eigenvalue weighted by Crippen LogP contribution is 2.15. The number of hydrogen-bond donors (Lipinski definition) is 1. The predicted molar refractivity (Wildman–Crippen MR) is 112 cm³/mol. The van der Waals surface area contributed by atoms with Gasteiger partial charge in [-0.2, -0.15) is 0 Å². The van der Waals surface area contributed by atoms with E-state index in [1.54, 1.807) is 48.3 Å². The van der Waals surface area contributed by atoms with Gasteiger partial charge in [0.1, 0.15) is 11.8 Å². The number of carbonyl (C=O) groups is 2. The zero-order chi connectivity index (χ0) is 20.7. The maximum Gasteiger partial charge on any atom is 0.251 e. The Balaban J connectivity index is 2.05. The fourth-order valence-electron chi connectivity index (χ4n) is 2.79. The Kier molecular flexibility index (Phi) is 7.88. The van der Waals surface area contributed by atoms with Crippen LogP contribution in [0.15, 0.2) is 48.5 Å². The van der Waals surface area contributed by atoms with Crippen LogP contribution in [0, 0.1) is 5.92 Å². The zero-order valence-corrected chi connectivity index (χ0v) is 17.5. The molecule has 0 bridgehead atoms. The van der Waals surface area contributed by atoms with Crippen LogP contribution < -0.4 is 10.1 Å². The highest BCUT2D eigenvalue weighted by atomic mass is 35.5. The molecule has 28 heavy (non-hydrogen) atoms. The third kappa shape index (κ3) is 5.99. The molecule has 0 aromatic heterocycles. The van der Waals surface area contributed by atoms with Gasteiger partial charge in [-0.15, -0.1) is 0 Å². The number of rotatable bonds is 8. The molecule has 0 saturated carbocycles. The normalized spacial score (nSPS) is 11.8. The number of halogens is 1. The van der Waals surface area contributed by atoms with Crippen molar-refractivity contribution in [2.24, 2.45) is 5.92 Å². The molecule has 6 heteroatoms. The van der Waals surface area contributed by atoms with Gasteiger partial charge < -0.3 is 15.0 Å². The van der Waals surface area contributed by atoms with Crippen LogP contribution >= 0.6 is 11.6 Å². The van der Waals surface area contributed by atoms with E-state index in [0.717, 1.165) is 5.56 Å². The Morgan fingerprint density at radius 2 is 1.68 bits per heavy atom. The van der Waals surface area contributed by atoms with Crippen molar-refractivity contribution in [3.05, 3.63) is 64.7 Å². The number of benzene rings is 2. The second kappa shape index (κ2) is 10.1. The molecule has 150 valence electrons. The molecule has 0 fully saturated rings. The fourth-order valence-corrected chi connectivity index (χ4v) is 2.91. The topological polar surface area (TPSA) is 58.6 Å². The lowest BCUT2D eigenvalue weighted by molar-refractivity contribution is -0.133. The third-order valence-electron chi connectivity index (χ3n) is 4.36. The number of carbonyl (C=O) groups excluding carboxylic acids is 2. The van der Waals surface area contributed by atoms with Crippen LogP contribution in [-0.2, 0) is 11.3 Å². The quantitative estimate of drug-likeness (QED) is 0.721. The summed E-state index contributed by atoms with van der Waals surface area (Å²) < 4.78 is 5.39. The lowest BCUT2D eigenvalue weighted by atomic mass is 10.0. The van der Waals surface area contributed by atoms with Crippen LogP contribution in [-0.4, -0.2) is 36.4 Å². The van der Waals surface area contributed by atoms with E-state index in [9.17, 15) is 9.59 Å². The number of amides is 2. The Morgan fingerprint density at radius 3 is 2.21 bits per heavy atom. The molecule has 1 N–H and O–H groups in total. The van der Waals surface area contributed by atoms with E-state index in [-0.39, 0.29) is 17.7 Å². The van der Waals surface area contributed by atoms with Crippen LogP contribution in [0.4, 0.5) is 0 Å². The van der Waals surface area contributed by atoms with Crippen molar-refractivity contribution in [1.82, 2.24) is 10.2 Å². The first kappa shape index (κ1) is 21.8. The molecular weight excluding hydrogens is 376 g/mol. The van der Waals surface area contributed by atoms with Gasteiger partial charge >= 0.3 is 0 Å². The first-order chi connectivity index (χ1) is 13.3. The third-order valence-corrected chi connectivity index (χ3v) is 4.61. The van der Waals surface area contributed by atoms with Gasteiger partial charge in [-0.05, 0) is 54.8 Å². The first-order valence-corrected chi connectivity index (χ1v) is 9.72. The smallest absolute Gasteiger partial charge is 0.251 e. The molecule has 0 aliphatic heterocycles. The number of ether oxygens (including phenoxy) is 1. The average molecular weight is 403 g/mol. The molecule has 2 rings (SSSR count). The molecule has 0 spiro atoms. The predicted octanol–water partition coefficient (Wildman–Crippen LogP) is 4.15. The van der Waals surface area contributed by atoms with Crippen molar-refractivity contribution in [1.29, 1.82) is 0 Å². The van der Waals surface area contributed by atoms with Crippen LogP contribution in [0.2, 0.25) is 5.02 Å². The maximum atomic E-state index is 12.9. The van der Waals surface area contributed by atoms with Crippen molar-refractivity contribution in [2.45, 2.75) is 33.4 Å². The molecular formula is C22H27ClN2O3. The minimum Gasteiger partial charge on any atom is -0.494 e. The van der Waals surface area contributed by atoms with E-state index in [1.165, 1.54) is 0 Å². The van der Waals surface area contributed by atoms with E-state index in [1.807, 2.05) is 32.9 Å². The molecule has 2 aromatic carbocycles. The monoisotopic (exact) mass is 402 g/mol. The molecule has 5 nitrogen and oxygen atoms in total. The summed E-state index contributed by atoms with van der Waals surface area (Å²) in [5.41, 5.74) is 1.46. The summed E-state index contributed by atoms with van der Waals surface area (Å²) in [5.74, 6) is 0.240. The number of hydrogen-bond acceptors (Lipinski definition) is 3. The summed E-state index contributed by atoms with van der Waals surface area (Å²) in [4.78, 5) is 27.2. The van der Waals surface area contributed by atoms with E-state index in [2.05, 4.69) is 5.32 Å². The minimum atomic E-state index is -0.614. The van der Waals surface area contributed by atoms with E-state index in [4.69, 9.17) is 16.3 Å². The number of nitrogens with zero attached hydrogens (tertiary/aromatic N) is 1. The molecule has 2 aromatic rings. The van der Waals surface area contributed by atoms with Crippen molar-refractivity contribution >= 4 is 23.4 Å². The van der Waals surface area contributed by atoms with Crippen LogP contribution in [0.5, 0.6) is 5.75 Å². The van der Waals surface area contributed by atoms with Gasteiger partial charge in [-0.3, -0.25) is 9.59 Å². The van der Waals surface area contributed by atoms with Crippen molar-refractivity contribution in [3.8, 4) is 5.75 Å². The summed E-state index contributed by atoms with van der Waals surface area (Å²) in [7, 11) is 1.73. The number of likely N-dealkylation sites (N-methyl/N-ethyl adjacent to an activating group) is 1. The van der Waals surface area contributed by atoms with E-state index < -0.39 is 6.04 Å². The summed E-state index contributed by atoms with van der Waals surface area (Å²) in [5, 5.41) is 3.52. The van der Waals surface area contributed by atoms with Gasteiger partial charge in [0, 0.05) is 24.2 Å². The minimum absolute atomic E-state index is 0.0492. The van der Waals surface area contributed by atoms with Crippen LogP contribution in [0.1, 0.15) is 36.7 Å². The molecule has 0 heterocycles. The molecule has 1 unspecified atom stereocenters. The van der Waals surface area contributed by atoms with Gasteiger partial charge in [0.2, 0.25) is 5.91 Å². The second-order valence-corrected chi connectivity index (χ2v) is 7.41.